The molecule has 0 bridgehead atoms. The molecule has 3 nitrogen and oxygen atoms in total. The van der Waals surface area contributed by atoms with Gasteiger partial charge in [-0.15, -0.1) is 0 Å². The number of rotatable bonds is 3. The molecule has 0 unspecified atom stereocenters. The zero-order valence-corrected chi connectivity index (χ0v) is 4.44. The van der Waals surface area contributed by atoms with Gasteiger partial charge in [-0.1, -0.05) is 0 Å². The lowest BCUT2D eigenvalue weighted by atomic mass is 10.8. The highest BCUT2D eigenvalue weighted by Gasteiger charge is 1.72. The first-order valence-electron chi connectivity index (χ1n) is 1.72. The third-order valence-corrected chi connectivity index (χ3v) is 0.359. The van der Waals surface area contributed by atoms with E-state index in [1.54, 1.807) is 0 Å². The molecule has 0 amide bonds. The Morgan fingerprint density at radius 2 is 2.57 bits per heavy atom. The maximum atomic E-state index is 8.05. The number of thiocarbonyl (C=S) groups is 1. The quantitative estimate of drug-likeness (QED) is 0.246. The standard InChI is InChI=1S/C3H5NO2S/c5-1-2-6-4-3-7/h5H,1-2H2. The molecule has 4 heteroatoms. The summed E-state index contributed by atoms with van der Waals surface area (Å²) in [5.41, 5.74) is 0. The summed E-state index contributed by atoms with van der Waals surface area (Å²) >= 11 is 4.14. The highest BCUT2D eigenvalue weighted by Crippen LogP contribution is 1.68. The first kappa shape index (κ1) is 6.56. The molecule has 0 saturated heterocycles. The SMILES string of the molecule is OCCON=C=S. The Kier molecular flexibility index (Phi) is 5.21. The van der Waals surface area contributed by atoms with E-state index in [1.165, 1.54) is 0 Å². The third kappa shape index (κ3) is 5.56. The van der Waals surface area contributed by atoms with Crippen LogP contribution in [0.3, 0.4) is 0 Å². The van der Waals surface area contributed by atoms with Crippen molar-refractivity contribution in [3.63, 3.8) is 0 Å². The molecule has 0 spiro atoms. The van der Waals surface area contributed by atoms with Crippen molar-refractivity contribution in [2.75, 3.05) is 13.2 Å². The van der Waals surface area contributed by atoms with Crippen LogP contribution in [0.2, 0.25) is 0 Å². The molecule has 0 aliphatic carbocycles. The third-order valence-electron chi connectivity index (χ3n) is 0.284. The summed E-state index contributed by atoms with van der Waals surface area (Å²) < 4.78 is 0. The molecule has 7 heavy (non-hydrogen) atoms. The van der Waals surface area contributed by atoms with Crippen molar-refractivity contribution in [1.82, 2.24) is 0 Å². The Labute approximate surface area is 46.6 Å². The van der Waals surface area contributed by atoms with Gasteiger partial charge < -0.3 is 9.94 Å². The maximum Gasteiger partial charge on any atom is 0.141 e. The fraction of sp³-hybridized carbons (Fsp3) is 0.667. The minimum absolute atomic E-state index is 0.0412. The van der Waals surface area contributed by atoms with Gasteiger partial charge in [0.05, 0.1) is 6.61 Å². The number of aliphatic hydroxyl groups excluding tert-OH is 1. The summed E-state index contributed by atoms with van der Waals surface area (Å²) in [6, 6.07) is 0. The number of nitrogens with zero attached hydrogens (tertiary/aromatic N) is 1. The Bertz CT molecular complexity index is 79.0. The highest BCUT2D eigenvalue weighted by atomic mass is 32.1. The lowest BCUT2D eigenvalue weighted by molar-refractivity contribution is 0.100. The molecular formula is C3H5NO2S. The van der Waals surface area contributed by atoms with Crippen molar-refractivity contribution >= 4 is 17.4 Å². The van der Waals surface area contributed by atoms with Gasteiger partial charge in [0, 0.05) is 0 Å². The largest absolute Gasteiger partial charge is 0.393 e. The number of hydrogen-bond acceptors (Lipinski definition) is 4. The van der Waals surface area contributed by atoms with Crippen LogP contribution in [0.5, 0.6) is 0 Å². The molecule has 0 aromatic heterocycles. The molecule has 0 radical (unpaired) electrons. The Hall–Kier alpha value is -0.440. The van der Waals surface area contributed by atoms with Crippen molar-refractivity contribution in [1.29, 1.82) is 0 Å². The zero-order chi connectivity index (χ0) is 5.54. The van der Waals surface area contributed by atoms with Crippen molar-refractivity contribution in [3.8, 4) is 0 Å². The van der Waals surface area contributed by atoms with Gasteiger partial charge in [-0.25, -0.2) is 0 Å². The average molecular weight is 119 g/mol. The van der Waals surface area contributed by atoms with Crippen molar-refractivity contribution in [3.05, 3.63) is 0 Å². The Balaban J connectivity index is 2.83. The molecular weight excluding hydrogens is 114 g/mol. The van der Waals surface area contributed by atoms with Gasteiger partial charge in [0.25, 0.3) is 0 Å². The van der Waals surface area contributed by atoms with E-state index in [1.807, 2.05) is 5.16 Å². The fourth-order valence-electron chi connectivity index (χ4n) is 0.113. The van der Waals surface area contributed by atoms with Crippen LogP contribution in [-0.2, 0) is 4.84 Å². The highest BCUT2D eigenvalue weighted by molar-refractivity contribution is 7.78. The van der Waals surface area contributed by atoms with E-state index in [0.29, 0.717) is 0 Å². The first-order valence-corrected chi connectivity index (χ1v) is 2.12. The second-order valence-corrected chi connectivity index (χ2v) is 0.922. The first-order chi connectivity index (χ1) is 3.41. The summed E-state index contributed by atoms with van der Waals surface area (Å²) in [6.07, 6.45) is 0. The lowest BCUT2D eigenvalue weighted by Gasteiger charge is -1.86. The van der Waals surface area contributed by atoms with E-state index in [0.717, 1.165) is 0 Å². The Morgan fingerprint density at radius 3 is 3.00 bits per heavy atom. The summed E-state index contributed by atoms with van der Waals surface area (Å²) in [4.78, 5) is 4.29. The number of isothiocyanates is 1. The molecule has 0 fully saturated rings. The van der Waals surface area contributed by atoms with E-state index < -0.39 is 0 Å². The smallest absolute Gasteiger partial charge is 0.141 e. The molecule has 1 N–H and O–H groups in total. The maximum absolute atomic E-state index is 8.05. The van der Waals surface area contributed by atoms with E-state index >= 15 is 0 Å². The molecule has 0 aliphatic heterocycles. The second-order valence-electron chi connectivity index (χ2n) is 0.739. The second kappa shape index (κ2) is 5.56. The van der Waals surface area contributed by atoms with Crippen molar-refractivity contribution in [2.45, 2.75) is 0 Å². The molecule has 0 atom stereocenters. The fourth-order valence-corrected chi connectivity index (χ4v) is 0.166. The van der Waals surface area contributed by atoms with E-state index in [2.05, 4.69) is 22.2 Å². The average Bonchev–Trinajstić information content (AvgIpc) is 1.69. The predicted octanol–water partition coefficient (Wildman–Crippen LogP) is 0.0131. The molecule has 0 rings (SSSR count). The lowest BCUT2D eigenvalue weighted by Crippen LogP contribution is -1.91. The minimum atomic E-state index is -0.0412. The topological polar surface area (TPSA) is 41.8 Å². The molecule has 40 valence electrons. The normalized spacial score (nSPS) is 7.00. The van der Waals surface area contributed by atoms with E-state index in [4.69, 9.17) is 5.11 Å². The van der Waals surface area contributed by atoms with Crippen molar-refractivity contribution < 1.29 is 9.94 Å². The zero-order valence-electron chi connectivity index (χ0n) is 3.63. The molecule has 0 aromatic rings. The molecule has 0 saturated carbocycles. The molecule has 0 aromatic carbocycles. The van der Waals surface area contributed by atoms with Crippen LogP contribution in [0.25, 0.3) is 0 Å². The van der Waals surface area contributed by atoms with Crippen LogP contribution in [0.1, 0.15) is 0 Å². The van der Waals surface area contributed by atoms with Gasteiger partial charge in [-0.2, -0.15) is 0 Å². The monoisotopic (exact) mass is 119 g/mol. The molecule has 0 aliphatic rings. The van der Waals surface area contributed by atoms with Gasteiger partial charge in [0.2, 0.25) is 0 Å². The Morgan fingerprint density at radius 1 is 1.86 bits per heavy atom. The van der Waals surface area contributed by atoms with Crippen LogP contribution in [0.15, 0.2) is 5.16 Å². The van der Waals surface area contributed by atoms with Gasteiger partial charge in [-0.3, -0.25) is 0 Å². The van der Waals surface area contributed by atoms with Gasteiger partial charge >= 0.3 is 0 Å². The minimum Gasteiger partial charge on any atom is -0.393 e. The summed E-state index contributed by atoms with van der Waals surface area (Å²) in [5, 5.41) is 13.1. The number of hydrogen-bond donors (Lipinski definition) is 1. The summed E-state index contributed by atoms with van der Waals surface area (Å²) in [6.45, 7) is 0.143. The van der Waals surface area contributed by atoms with E-state index in [9.17, 15) is 0 Å². The van der Waals surface area contributed by atoms with Crippen LogP contribution in [0, 0.1) is 0 Å². The van der Waals surface area contributed by atoms with Gasteiger partial charge in [0.1, 0.15) is 11.8 Å². The number of aliphatic hydroxyl groups is 1. The van der Waals surface area contributed by atoms with Crippen LogP contribution < -0.4 is 0 Å². The predicted molar refractivity (Wildman–Crippen MR) is 28.1 cm³/mol. The molecule has 0 heterocycles. The van der Waals surface area contributed by atoms with Crippen LogP contribution in [-0.4, -0.2) is 23.5 Å². The van der Waals surface area contributed by atoms with E-state index in [-0.39, 0.29) is 13.2 Å². The van der Waals surface area contributed by atoms with Crippen LogP contribution >= 0.6 is 12.2 Å². The summed E-state index contributed by atoms with van der Waals surface area (Å²) in [5.74, 6) is 0. The van der Waals surface area contributed by atoms with Gasteiger partial charge in [-0.05, 0) is 17.4 Å². The van der Waals surface area contributed by atoms with Crippen LogP contribution in [0.4, 0.5) is 0 Å². The summed E-state index contributed by atoms with van der Waals surface area (Å²) in [7, 11) is 0. The van der Waals surface area contributed by atoms with Gasteiger partial charge in [0.15, 0.2) is 0 Å². The van der Waals surface area contributed by atoms with Crippen molar-refractivity contribution in [2.24, 2.45) is 5.16 Å².